The van der Waals surface area contributed by atoms with Gasteiger partial charge in [0, 0.05) is 37.3 Å². The Hall–Kier alpha value is -4.47. The SMILES string of the molecule is CC(C)(C)OC(=O)N1CCN(C(=O)c2cccc(-n3cc(-c4cc5ccccc5[nH]c4=O)nn3)c2)CC1. The third-order valence-electron chi connectivity index (χ3n) is 6.10. The van der Waals surface area contributed by atoms with Crippen LogP contribution >= 0.6 is 0 Å². The molecule has 1 saturated heterocycles. The van der Waals surface area contributed by atoms with Crippen LogP contribution < -0.4 is 5.56 Å². The minimum atomic E-state index is -0.562. The summed E-state index contributed by atoms with van der Waals surface area (Å²) in [7, 11) is 0. The van der Waals surface area contributed by atoms with E-state index in [0.717, 1.165) is 10.9 Å². The van der Waals surface area contributed by atoms with Gasteiger partial charge in [0.05, 0.1) is 17.4 Å². The molecule has 1 aliphatic heterocycles. The Kier molecular flexibility index (Phi) is 6.24. The lowest BCUT2D eigenvalue weighted by Gasteiger charge is -2.35. The normalized spacial score (nSPS) is 14.1. The number of carbonyl (C=O) groups excluding carboxylic acids is 2. The van der Waals surface area contributed by atoms with Gasteiger partial charge in [-0.1, -0.05) is 29.5 Å². The highest BCUT2D eigenvalue weighted by atomic mass is 16.6. The third-order valence-corrected chi connectivity index (χ3v) is 6.10. The van der Waals surface area contributed by atoms with E-state index in [0.29, 0.717) is 48.7 Å². The van der Waals surface area contributed by atoms with Gasteiger partial charge in [0.2, 0.25) is 0 Å². The van der Waals surface area contributed by atoms with E-state index < -0.39 is 5.60 Å². The van der Waals surface area contributed by atoms with E-state index in [-0.39, 0.29) is 17.6 Å². The van der Waals surface area contributed by atoms with Gasteiger partial charge in [0.15, 0.2) is 0 Å². The van der Waals surface area contributed by atoms with Gasteiger partial charge in [-0.25, -0.2) is 9.48 Å². The van der Waals surface area contributed by atoms with Crippen LogP contribution in [-0.2, 0) is 4.74 Å². The summed E-state index contributed by atoms with van der Waals surface area (Å²) in [6.07, 6.45) is 1.30. The zero-order valence-corrected chi connectivity index (χ0v) is 21.0. The molecule has 190 valence electrons. The van der Waals surface area contributed by atoms with Gasteiger partial charge in [-0.3, -0.25) is 9.59 Å². The smallest absolute Gasteiger partial charge is 0.410 e. The molecule has 5 rings (SSSR count). The Morgan fingerprint density at radius 3 is 2.43 bits per heavy atom. The second-order valence-corrected chi connectivity index (χ2v) is 9.96. The molecule has 0 spiro atoms. The van der Waals surface area contributed by atoms with Gasteiger partial charge in [-0.2, -0.15) is 0 Å². The molecule has 2 amide bonds. The van der Waals surface area contributed by atoms with Gasteiger partial charge >= 0.3 is 6.09 Å². The number of aromatic nitrogens is 4. The first-order chi connectivity index (χ1) is 17.7. The largest absolute Gasteiger partial charge is 0.444 e. The number of aromatic amines is 1. The maximum absolute atomic E-state index is 13.2. The van der Waals surface area contributed by atoms with E-state index in [2.05, 4.69) is 15.3 Å². The van der Waals surface area contributed by atoms with E-state index in [1.54, 1.807) is 44.9 Å². The van der Waals surface area contributed by atoms with E-state index in [9.17, 15) is 14.4 Å². The molecule has 0 aliphatic carbocycles. The number of benzene rings is 2. The molecule has 37 heavy (non-hydrogen) atoms. The van der Waals surface area contributed by atoms with Gasteiger partial charge < -0.3 is 19.5 Å². The number of carbonyl (C=O) groups is 2. The van der Waals surface area contributed by atoms with Gasteiger partial charge in [0.1, 0.15) is 11.3 Å². The number of para-hydroxylation sites is 1. The maximum Gasteiger partial charge on any atom is 0.410 e. The summed E-state index contributed by atoms with van der Waals surface area (Å²) < 4.78 is 6.97. The minimum Gasteiger partial charge on any atom is -0.444 e. The summed E-state index contributed by atoms with van der Waals surface area (Å²) in [5, 5.41) is 9.27. The molecule has 0 bridgehead atoms. The summed E-state index contributed by atoms with van der Waals surface area (Å²) in [4.78, 5) is 44.3. The van der Waals surface area contributed by atoms with Gasteiger partial charge in [0.25, 0.3) is 11.5 Å². The number of nitrogens with one attached hydrogen (secondary N) is 1. The Morgan fingerprint density at radius 1 is 0.946 bits per heavy atom. The molecule has 10 nitrogen and oxygen atoms in total. The van der Waals surface area contributed by atoms with E-state index in [4.69, 9.17) is 4.74 Å². The van der Waals surface area contributed by atoms with E-state index in [1.807, 2.05) is 51.1 Å². The number of pyridine rings is 1. The van der Waals surface area contributed by atoms with Crippen molar-refractivity contribution in [3.63, 3.8) is 0 Å². The molecule has 0 radical (unpaired) electrons. The second-order valence-electron chi connectivity index (χ2n) is 9.96. The third kappa shape index (κ3) is 5.23. The molecule has 0 atom stereocenters. The van der Waals surface area contributed by atoms with Crippen molar-refractivity contribution in [3.05, 3.63) is 76.7 Å². The van der Waals surface area contributed by atoms with Crippen molar-refractivity contribution < 1.29 is 14.3 Å². The molecular weight excluding hydrogens is 472 g/mol. The predicted octanol–water partition coefficient (Wildman–Crippen LogP) is 3.47. The average Bonchev–Trinajstić information content (AvgIpc) is 3.37. The number of H-pyrrole nitrogens is 1. The summed E-state index contributed by atoms with van der Waals surface area (Å²) >= 11 is 0. The van der Waals surface area contributed by atoms with Crippen molar-refractivity contribution in [1.29, 1.82) is 0 Å². The fourth-order valence-electron chi connectivity index (χ4n) is 4.23. The predicted molar refractivity (Wildman–Crippen MR) is 139 cm³/mol. The lowest BCUT2D eigenvalue weighted by molar-refractivity contribution is 0.0141. The number of rotatable bonds is 3. The van der Waals surface area contributed by atoms with Crippen molar-refractivity contribution in [2.24, 2.45) is 0 Å². The van der Waals surface area contributed by atoms with Crippen LogP contribution in [0.4, 0.5) is 4.79 Å². The number of amides is 2. The van der Waals surface area contributed by atoms with E-state index >= 15 is 0 Å². The Bertz CT molecular complexity index is 1530. The topological polar surface area (TPSA) is 113 Å². The average molecular weight is 501 g/mol. The molecule has 1 N–H and O–H groups in total. The lowest BCUT2D eigenvalue weighted by atomic mass is 10.1. The Labute approximate surface area is 213 Å². The van der Waals surface area contributed by atoms with Crippen LogP contribution in [0.15, 0.2) is 65.6 Å². The molecule has 4 aromatic rings. The monoisotopic (exact) mass is 500 g/mol. The molecule has 10 heteroatoms. The second kappa shape index (κ2) is 9.53. The first kappa shape index (κ1) is 24.2. The Balaban J connectivity index is 1.31. The summed E-state index contributed by atoms with van der Waals surface area (Å²) in [6, 6.07) is 16.4. The summed E-state index contributed by atoms with van der Waals surface area (Å²) in [5.41, 5.74) is 1.94. The summed E-state index contributed by atoms with van der Waals surface area (Å²) in [5.74, 6) is -0.128. The molecule has 2 aromatic heterocycles. The molecule has 1 aliphatic rings. The lowest BCUT2D eigenvalue weighted by Crippen LogP contribution is -2.51. The van der Waals surface area contributed by atoms with Crippen LogP contribution in [-0.4, -0.2) is 73.6 Å². The van der Waals surface area contributed by atoms with Crippen molar-refractivity contribution in [2.45, 2.75) is 26.4 Å². The first-order valence-electron chi connectivity index (χ1n) is 12.1. The molecule has 2 aromatic carbocycles. The minimum absolute atomic E-state index is 0.128. The first-order valence-corrected chi connectivity index (χ1v) is 12.1. The quantitative estimate of drug-likeness (QED) is 0.461. The van der Waals surface area contributed by atoms with Crippen LogP contribution in [0.5, 0.6) is 0 Å². The number of piperazine rings is 1. The van der Waals surface area contributed by atoms with Crippen LogP contribution in [0.25, 0.3) is 27.8 Å². The highest BCUT2D eigenvalue weighted by Crippen LogP contribution is 2.20. The fraction of sp³-hybridized carbons (Fsp3) is 0.296. The van der Waals surface area contributed by atoms with Crippen LogP contribution in [0.3, 0.4) is 0 Å². The highest BCUT2D eigenvalue weighted by Gasteiger charge is 2.28. The van der Waals surface area contributed by atoms with E-state index in [1.165, 1.54) is 0 Å². The van der Waals surface area contributed by atoms with Crippen molar-refractivity contribution in [3.8, 4) is 16.9 Å². The maximum atomic E-state index is 13.2. The van der Waals surface area contributed by atoms with Crippen molar-refractivity contribution in [1.82, 2.24) is 29.8 Å². The van der Waals surface area contributed by atoms with Gasteiger partial charge in [-0.15, -0.1) is 5.10 Å². The number of fused-ring (bicyclic) bond motifs is 1. The zero-order chi connectivity index (χ0) is 26.2. The molecular formula is C27H28N6O4. The number of hydrogen-bond acceptors (Lipinski definition) is 6. The number of ether oxygens (including phenoxy) is 1. The summed E-state index contributed by atoms with van der Waals surface area (Å²) in [6.45, 7) is 7.14. The number of nitrogens with zero attached hydrogens (tertiary/aromatic N) is 5. The molecule has 0 saturated carbocycles. The molecule has 1 fully saturated rings. The number of hydrogen-bond donors (Lipinski definition) is 1. The Morgan fingerprint density at radius 2 is 1.68 bits per heavy atom. The molecule has 0 unspecified atom stereocenters. The molecule has 3 heterocycles. The van der Waals surface area contributed by atoms with Gasteiger partial charge in [-0.05, 0) is 56.5 Å². The zero-order valence-electron chi connectivity index (χ0n) is 21.0. The van der Waals surface area contributed by atoms with Crippen LogP contribution in [0.1, 0.15) is 31.1 Å². The fourth-order valence-corrected chi connectivity index (χ4v) is 4.23. The van der Waals surface area contributed by atoms with Crippen molar-refractivity contribution >= 4 is 22.9 Å². The van der Waals surface area contributed by atoms with Crippen molar-refractivity contribution in [2.75, 3.05) is 26.2 Å². The highest BCUT2D eigenvalue weighted by molar-refractivity contribution is 5.95. The van der Waals surface area contributed by atoms with Crippen LogP contribution in [0.2, 0.25) is 0 Å². The standard InChI is InChI=1S/C27H28N6O4/c1-27(2,3)37-26(36)32-13-11-31(12-14-32)25(35)19-8-6-9-20(15-19)33-17-23(29-30-33)21-16-18-7-4-5-10-22(18)28-24(21)34/h4-10,15-17H,11-14H2,1-3H3,(H,28,34). The van der Waals surface area contributed by atoms with Crippen LogP contribution in [0, 0.1) is 0 Å².